The van der Waals surface area contributed by atoms with E-state index in [1.165, 1.54) is 6.07 Å². The van der Waals surface area contributed by atoms with Gasteiger partial charge in [-0.1, -0.05) is 58.4 Å². The third kappa shape index (κ3) is 3.51. The molecule has 0 saturated carbocycles. The molecule has 2 nitrogen and oxygen atoms in total. The van der Waals surface area contributed by atoms with Crippen molar-refractivity contribution in [2.45, 2.75) is 13.2 Å². The molecule has 0 radical (unpaired) electrons. The summed E-state index contributed by atoms with van der Waals surface area (Å²) in [6.45, 7) is 0.997. The smallest absolute Gasteiger partial charge is 0.129 e. The summed E-state index contributed by atoms with van der Waals surface area (Å²) in [6.07, 6.45) is 1.97. The van der Waals surface area contributed by atoms with Gasteiger partial charge in [0.05, 0.1) is 12.1 Å². The van der Waals surface area contributed by atoms with Gasteiger partial charge in [-0.05, 0) is 35.9 Å². The first kappa shape index (κ1) is 16.9. The summed E-state index contributed by atoms with van der Waals surface area (Å²) in [5.41, 5.74) is 2.81. The van der Waals surface area contributed by atoms with Crippen molar-refractivity contribution in [2.24, 2.45) is 0 Å². The van der Waals surface area contributed by atoms with Gasteiger partial charge in [-0.3, -0.25) is 0 Å². The second-order valence-corrected chi connectivity index (χ2v) is 7.06. The van der Waals surface area contributed by atoms with Crippen molar-refractivity contribution in [2.75, 3.05) is 0 Å². The van der Waals surface area contributed by atoms with Crippen molar-refractivity contribution >= 4 is 26.8 Å². The Bertz CT molecular complexity index is 1040. The van der Waals surface area contributed by atoms with Crippen LogP contribution in [0.15, 0.2) is 83.5 Å². The van der Waals surface area contributed by atoms with Crippen LogP contribution in [0.5, 0.6) is 5.75 Å². The van der Waals surface area contributed by atoms with E-state index in [1.807, 2.05) is 71.4 Å². The molecule has 0 N–H and O–H groups in total. The summed E-state index contributed by atoms with van der Waals surface area (Å²) >= 11 is 3.30. The quantitative estimate of drug-likeness (QED) is 0.384. The molecule has 130 valence electrons. The maximum atomic E-state index is 14.2. The average Bonchev–Trinajstić information content (AvgIpc) is 3.07. The zero-order chi connectivity index (χ0) is 17.9. The number of fused-ring (bicyclic) bond motifs is 1. The molecule has 0 bridgehead atoms. The third-order valence-corrected chi connectivity index (χ3v) is 4.86. The van der Waals surface area contributed by atoms with Crippen LogP contribution >= 0.6 is 15.9 Å². The molecule has 0 aliphatic rings. The van der Waals surface area contributed by atoms with Crippen molar-refractivity contribution < 1.29 is 9.13 Å². The standard InChI is InChI=1S/C22H17BrFNO/c23-18-10-9-17(20(24)13-18)14-25-12-11-19-21(25)7-4-8-22(19)26-15-16-5-2-1-3-6-16/h1-13H,14-15H2. The Morgan fingerprint density at radius 1 is 0.923 bits per heavy atom. The summed E-state index contributed by atoms with van der Waals surface area (Å²) in [5.74, 6) is 0.624. The fourth-order valence-electron chi connectivity index (χ4n) is 3.03. The monoisotopic (exact) mass is 409 g/mol. The highest BCUT2D eigenvalue weighted by atomic mass is 79.9. The highest BCUT2D eigenvalue weighted by molar-refractivity contribution is 9.10. The lowest BCUT2D eigenvalue weighted by Gasteiger charge is -2.10. The molecule has 4 rings (SSSR count). The first-order chi connectivity index (χ1) is 12.7. The van der Waals surface area contributed by atoms with Gasteiger partial charge < -0.3 is 9.30 Å². The largest absolute Gasteiger partial charge is 0.488 e. The van der Waals surface area contributed by atoms with Crippen molar-refractivity contribution in [1.29, 1.82) is 0 Å². The minimum Gasteiger partial charge on any atom is -0.488 e. The number of hydrogen-bond acceptors (Lipinski definition) is 1. The van der Waals surface area contributed by atoms with Gasteiger partial charge in [0.2, 0.25) is 0 Å². The molecule has 0 saturated heterocycles. The number of nitrogens with zero attached hydrogens (tertiary/aromatic N) is 1. The molecule has 0 fully saturated rings. The Morgan fingerprint density at radius 3 is 2.58 bits per heavy atom. The van der Waals surface area contributed by atoms with E-state index in [9.17, 15) is 4.39 Å². The number of rotatable bonds is 5. The number of hydrogen-bond donors (Lipinski definition) is 0. The van der Waals surface area contributed by atoms with Crippen LogP contribution in [0.3, 0.4) is 0 Å². The normalized spacial score (nSPS) is 11.0. The molecule has 4 aromatic rings. The van der Waals surface area contributed by atoms with Crippen LogP contribution in [0, 0.1) is 5.82 Å². The third-order valence-electron chi connectivity index (χ3n) is 4.37. The van der Waals surface area contributed by atoms with Crippen LogP contribution in [0.4, 0.5) is 4.39 Å². The summed E-state index contributed by atoms with van der Waals surface area (Å²) in [7, 11) is 0. The number of halogens is 2. The molecule has 0 aliphatic carbocycles. The van der Waals surface area contributed by atoms with E-state index >= 15 is 0 Å². The lowest BCUT2D eigenvalue weighted by atomic mass is 10.2. The van der Waals surface area contributed by atoms with Crippen molar-refractivity contribution in [3.8, 4) is 5.75 Å². The molecular weight excluding hydrogens is 393 g/mol. The van der Waals surface area contributed by atoms with Crippen LogP contribution in [0.2, 0.25) is 0 Å². The fourth-order valence-corrected chi connectivity index (χ4v) is 3.36. The molecule has 0 spiro atoms. The molecule has 0 aliphatic heterocycles. The molecule has 0 amide bonds. The average molecular weight is 410 g/mol. The van der Waals surface area contributed by atoms with Gasteiger partial charge in [0.15, 0.2) is 0 Å². The first-order valence-electron chi connectivity index (χ1n) is 8.39. The van der Waals surface area contributed by atoms with Crippen LogP contribution in [-0.2, 0) is 13.2 Å². The number of ether oxygens (including phenoxy) is 1. The molecular formula is C22H17BrFNO. The lowest BCUT2D eigenvalue weighted by molar-refractivity contribution is 0.310. The highest BCUT2D eigenvalue weighted by Gasteiger charge is 2.09. The summed E-state index contributed by atoms with van der Waals surface area (Å²) < 4.78 is 23.0. The number of benzene rings is 3. The van der Waals surface area contributed by atoms with E-state index in [1.54, 1.807) is 6.07 Å². The van der Waals surface area contributed by atoms with Gasteiger partial charge in [0.1, 0.15) is 18.2 Å². The van der Waals surface area contributed by atoms with Gasteiger partial charge in [-0.2, -0.15) is 0 Å². The fraction of sp³-hybridized carbons (Fsp3) is 0.0909. The Labute approximate surface area is 160 Å². The molecule has 4 heteroatoms. The SMILES string of the molecule is Fc1cc(Br)ccc1Cn1ccc2c(OCc3ccccc3)cccc21. The summed E-state index contributed by atoms with van der Waals surface area (Å²) in [4.78, 5) is 0. The molecule has 0 unspecified atom stereocenters. The highest BCUT2D eigenvalue weighted by Crippen LogP contribution is 2.28. The second-order valence-electron chi connectivity index (χ2n) is 6.14. The van der Waals surface area contributed by atoms with Gasteiger partial charge in [0, 0.05) is 21.6 Å². The minimum atomic E-state index is -0.210. The second kappa shape index (κ2) is 7.34. The van der Waals surface area contributed by atoms with Crippen LogP contribution in [0.25, 0.3) is 10.9 Å². The van der Waals surface area contributed by atoms with Crippen LogP contribution in [-0.4, -0.2) is 4.57 Å². The van der Waals surface area contributed by atoms with Crippen molar-refractivity contribution in [3.05, 3.63) is 100 Å². The topological polar surface area (TPSA) is 14.2 Å². The van der Waals surface area contributed by atoms with E-state index in [4.69, 9.17) is 4.74 Å². The molecule has 26 heavy (non-hydrogen) atoms. The zero-order valence-electron chi connectivity index (χ0n) is 14.0. The van der Waals surface area contributed by atoms with E-state index in [0.717, 1.165) is 26.7 Å². The Hall–Kier alpha value is -2.59. The molecule has 0 atom stereocenters. The van der Waals surface area contributed by atoms with E-state index in [2.05, 4.69) is 15.9 Å². The Balaban J connectivity index is 1.60. The summed E-state index contributed by atoms with van der Waals surface area (Å²) in [5, 5.41) is 1.03. The zero-order valence-corrected chi connectivity index (χ0v) is 15.6. The van der Waals surface area contributed by atoms with E-state index < -0.39 is 0 Å². The minimum absolute atomic E-state index is 0.210. The van der Waals surface area contributed by atoms with Gasteiger partial charge in [0.25, 0.3) is 0 Å². The first-order valence-corrected chi connectivity index (χ1v) is 9.18. The Morgan fingerprint density at radius 2 is 1.77 bits per heavy atom. The van der Waals surface area contributed by atoms with E-state index in [-0.39, 0.29) is 5.82 Å². The van der Waals surface area contributed by atoms with Gasteiger partial charge in [-0.15, -0.1) is 0 Å². The van der Waals surface area contributed by atoms with Crippen LogP contribution in [0.1, 0.15) is 11.1 Å². The van der Waals surface area contributed by atoms with Gasteiger partial charge >= 0.3 is 0 Å². The predicted molar refractivity (Wildman–Crippen MR) is 106 cm³/mol. The predicted octanol–water partition coefficient (Wildman–Crippen LogP) is 6.17. The Kier molecular flexibility index (Phi) is 4.76. The van der Waals surface area contributed by atoms with E-state index in [0.29, 0.717) is 18.7 Å². The molecule has 1 heterocycles. The van der Waals surface area contributed by atoms with Gasteiger partial charge in [-0.25, -0.2) is 4.39 Å². The maximum Gasteiger partial charge on any atom is 0.129 e. The molecule has 1 aromatic heterocycles. The van der Waals surface area contributed by atoms with Crippen LogP contribution < -0.4 is 4.74 Å². The molecule has 3 aromatic carbocycles. The maximum absolute atomic E-state index is 14.2. The lowest BCUT2D eigenvalue weighted by Crippen LogP contribution is -2.01. The summed E-state index contributed by atoms with van der Waals surface area (Å²) in [6, 6.07) is 23.2. The van der Waals surface area contributed by atoms with Crippen molar-refractivity contribution in [3.63, 3.8) is 0 Å². The number of aromatic nitrogens is 1. The van der Waals surface area contributed by atoms with Crippen molar-refractivity contribution in [1.82, 2.24) is 4.57 Å².